The van der Waals surface area contributed by atoms with Crippen molar-refractivity contribution in [3.05, 3.63) is 83.9 Å². The number of carbonyl (C=O) groups excluding carboxylic acids is 1. The van der Waals surface area contributed by atoms with Crippen LogP contribution in [0, 0.1) is 0 Å². The second-order valence-electron chi connectivity index (χ2n) is 6.83. The average molecular weight is 392 g/mol. The lowest BCUT2D eigenvalue weighted by atomic mass is 10.1. The Morgan fingerprint density at radius 3 is 2.39 bits per heavy atom. The molecule has 6 heteroatoms. The lowest BCUT2D eigenvalue weighted by molar-refractivity contribution is -0.116. The highest BCUT2D eigenvalue weighted by Gasteiger charge is 2.23. The smallest absolute Gasteiger partial charge is 0.243 e. The Morgan fingerprint density at radius 2 is 1.61 bits per heavy atom. The van der Waals surface area contributed by atoms with Crippen LogP contribution < -0.4 is 5.32 Å². The van der Waals surface area contributed by atoms with Crippen molar-refractivity contribution in [2.75, 3.05) is 18.9 Å². The maximum atomic E-state index is 12.5. The van der Waals surface area contributed by atoms with E-state index in [2.05, 4.69) is 17.4 Å². The first-order chi connectivity index (χ1) is 13.4. The van der Waals surface area contributed by atoms with Crippen LogP contribution >= 0.6 is 0 Å². The molecule has 0 saturated heterocycles. The van der Waals surface area contributed by atoms with Crippen LogP contribution in [0.25, 0.3) is 11.1 Å². The first kappa shape index (κ1) is 18.4. The number of hydrogen-bond acceptors (Lipinski definition) is 3. The lowest BCUT2D eigenvalue weighted by Gasteiger charge is -2.17. The Morgan fingerprint density at radius 1 is 0.929 bits per heavy atom. The molecule has 0 atom stereocenters. The second kappa shape index (κ2) is 7.22. The van der Waals surface area contributed by atoms with Gasteiger partial charge >= 0.3 is 0 Å². The van der Waals surface area contributed by atoms with Crippen molar-refractivity contribution >= 4 is 21.6 Å². The van der Waals surface area contributed by atoms with Crippen molar-refractivity contribution < 1.29 is 13.2 Å². The van der Waals surface area contributed by atoms with Crippen LogP contribution in [-0.4, -0.2) is 32.2 Å². The summed E-state index contributed by atoms with van der Waals surface area (Å²) in [6.07, 6.45) is 0.831. The van der Waals surface area contributed by atoms with Gasteiger partial charge in [-0.2, -0.15) is 4.31 Å². The molecule has 0 aromatic heterocycles. The number of anilines is 1. The number of likely N-dealkylation sites (N-methyl/N-ethyl adjacent to an activating group) is 1. The predicted molar refractivity (Wildman–Crippen MR) is 110 cm³/mol. The molecule has 142 valence electrons. The summed E-state index contributed by atoms with van der Waals surface area (Å²) in [5.41, 5.74) is 5.50. The number of nitrogens with zero attached hydrogens (tertiary/aromatic N) is 1. The van der Waals surface area contributed by atoms with E-state index in [1.165, 1.54) is 35.9 Å². The molecule has 0 heterocycles. The van der Waals surface area contributed by atoms with E-state index in [0.717, 1.165) is 16.3 Å². The van der Waals surface area contributed by atoms with Gasteiger partial charge in [0.2, 0.25) is 15.9 Å². The zero-order valence-electron chi connectivity index (χ0n) is 15.4. The standard InChI is InChI=1S/C22H20N2O3S/c1-24(28(26,27)19-8-3-2-4-9-19)15-22(25)23-18-11-12-21-17(14-18)13-16-7-5-6-10-20(16)21/h2-12,14H,13,15H2,1H3,(H,23,25). The minimum atomic E-state index is -3.70. The van der Waals surface area contributed by atoms with Crippen LogP contribution in [0.2, 0.25) is 0 Å². The molecule has 0 aliphatic heterocycles. The summed E-state index contributed by atoms with van der Waals surface area (Å²) < 4.78 is 26.1. The van der Waals surface area contributed by atoms with Crippen LogP contribution in [0.4, 0.5) is 5.69 Å². The van der Waals surface area contributed by atoms with Gasteiger partial charge in [-0.25, -0.2) is 8.42 Å². The molecule has 1 amide bonds. The fraction of sp³-hybridized carbons (Fsp3) is 0.136. The first-order valence-electron chi connectivity index (χ1n) is 8.97. The van der Waals surface area contributed by atoms with E-state index in [1.54, 1.807) is 18.2 Å². The molecule has 0 unspecified atom stereocenters. The lowest BCUT2D eigenvalue weighted by Crippen LogP contribution is -2.34. The number of amides is 1. The van der Waals surface area contributed by atoms with Crippen LogP contribution in [-0.2, 0) is 21.2 Å². The van der Waals surface area contributed by atoms with Crippen LogP contribution in [0.3, 0.4) is 0 Å². The first-order valence-corrected chi connectivity index (χ1v) is 10.4. The van der Waals surface area contributed by atoms with E-state index in [-0.39, 0.29) is 17.3 Å². The van der Waals surface area contributed by atoms with Gasteiger partial charge in [0, 0.05) is 12.7 Å². The highest BCUT2D eigenvalue weighted by Crippen LogP contribution is 2.37. The second-order valence-corrected chi connectivity index (χ2v) is 8.87. The number of carbonyl (C=O) groups is 1. The third-order valence-electron chi connectivity index (χ3n) is 4.90. The highest BCUT2D eigenvalue weighted by atomic mass is 32.2. The largest absolute Gasteiger partial charge is 0.325 e. The maximum Gasteiger partial charge on any atom is 0.243 e. The number of nitrogens with one attached hydrogen (secondary N) is 1. The minimum Gasteiger partial charge on any atom is -0.325 e. The van der Waals surface area contributed by atoms with Gasteiger partial charge in [0.15, 0.2) is 0 Å². The SMILES string of the molecule is CN(CC(=O)Nc1ccc2c(c1)Cc1ccccc1-2)S(=O)(=O)c1ccccc1. The van der Waals surface area contributed by atoms with Crippen LogP contribution in [0.5, 0.6) is 0 Å². The molecular weight excluding hydrogens is 372 g/mol. The van der Waals surface area contributed by atoms with E-state index in [4.69, 9.17) is 0 Å². The van der Waals surface area contributed by atoms with Crippen molar-refractivity contribution in [2.24, 2.45) is 0 Å². The number of rotatable bonds is 5. The molecule has 3 aromatic rings. The van der Waals surface area contributed by atoms with Crippen molar-refractivity contribution in [1.29, 1.82) is 0 Å². The summed E-state index contributed by atoms with van der Waals surface area (Å²) in [5.74, 6) is -0.377. The molecule has 4 rings (SSSR count). The fourth-order valence-corrected chi connectivity index (χ4v) is 4.63. The van der Waals surface area contributed by atoms with Gasteiger partial charge in [0.05, 0.1) is 11.4 Å². The van der Waals surface area contributed by atoms with E-state index in [0.29, 0.717) is 5.69 Å². The molecular formula is C22H20N2O3S. The minimum absolute atomic E-state index is 0.167. The molecule has 1 aliphatic carbocycles. The molecule has 0 radical (unpaired) electrons. The highest BCUT2D eigenvalue weighted by molar-refractivity contribution is 7.89. The number of sulfonamides is 1. The molecule has 5 nitrogen and oxygen atoms in total. The number of benzene rings is 3. The molecule has 0 spiro atoms. The van der Waals surface area contributed by atoms with Gasteiger partial charge < -0.3 is 5.32 Å². The van der Waals surface area contributed by atoms with Gasteiger partial charge in [-0.3, -0.25) is 4.79 Å². The fourth-order valence-electron chi connectivity index (χ4n) is 3.48. The summed E-state index contributed by atoms with van der Waals surface area (Å²) >= 11 is 0. The van der Waals surface area contributed by atoms with Crippen molar-refractivity contribution in [1.82, 2.24) is 4.31 Å². The maximum absolute atomic E-state index is 12.5. The quantitative estimate of drug-likeness (QED) is 0.565. The summed E-state index contributed by atoms with van der Waals surface area (Å²) in [6, 6.07) is 22.2. The van der Waals surface area contributed by atoms with Gasteiger partial charge in [0.1, 0.15) is 0 Å². The van der Waals surface area contributed by atoms with E-state index >= 15 is 0 Å². The van der Waals surface area contributed by atoms with Crippen LogP contribution in [0.15, 0.2) is 77.7 Å². The molecule has 0 bridgehead atoms. The number of fused-ring (bicyclic) bond motifs is 3. The van der Waals surface area contributed by atoms with Gasteiger partial charge in [-0.1, -0.05) is 48.5 Å². The molecule has 3 aromatic carbocycles. The number of hydrogen-bond donors (Lipinski definition) is 1. The van der Waals surface area contributed by atoms with Crippen LogP contribution in [0.1, 0.15) is 11.1 Å². The van der Waals surface area contributed by atoms with E-state index in [1.807, 2.05) is 30.3 Å². The van der Waals surface area contributed by atoms with Crippen molar-refractivity contribution in [2.45, 2.75) is 11.3 Å². The van der Waals surface area contributed by atoms with Gasteiger partial charge in [0.25, 0.3) is 0 Å². The average Bonchev–Trinajstić information content (AvgIpc) is 3.06. The summed E-state index contributed by atoms with van der Waals surface area (Å²) in [4.78, 5) is 12.6. The Labute approximate surface area is 164 Å². The van der Waals surface area contributed by atoms with Gasteiger partial charge in [-0.15, -0.1) is 0 Å². The Bertz CT molecular complexity index is 1140. The third-order valence-corrected chi connectivity index (χ3v) is 6.71. The zero-order chi connectivity index (χ0) is 19.7. The monoisotopic (exact) mass is 392 g/mol. The molecule has 0 saturated carbocycles. The zero-order valence-corrected chi connectivity index (χ0v) is 16.2. The van der Waals surface area contributed by atoms with Crippen molar-refractivity contribution in [3.8, 4) is 11.1 Å². The summed E-state index contributed by atoms with van der Waals surface area (Å²) in [7, 11) is -2.30. The van der Waals surface area contributed by atoms with Crippen molar-refractivity contribution in [3.63, 3.8) is 0 Å². The normalized spacial score (nSPS) is 12.5. The van der Waals surface area contributed by atoms with Gasteiger partial charge in [-0.05, 0) is 52.9 Å². The van der Waals surface area contributed by atoms with E-state index in [9.17, 15) is 13.2 Å². The molecule has 0 fully saturated rings. The molecule has 1 aliphatic rings. The Kier molecular flexibility index (Phi) is 4.75. The predicted octanol–water partition coefficient (Wildman–Crippen LogP) is 3.52. The summed E-state index contributed by atoms with van der Waals surface area (Å²) in [5, 5.41) is 2.81. The topological polar surface area (TPSA) is 66.5 Å². The molecule has 1 N–H and O–H groups in total. The Hall–Kier alpha value is -2.96. The van der Waals surface area contributed by atoms with E-state index < -0.39 is 10.0 Å². The molecule has 28 heavy (non-hydrogen) atoms. The third kappa shape index (κ3) is 3.44. The summed E-state index contributed by atoms with van der Waals surface area (Å²) in [6.45, 7) is -0.255. The Balaban J connectivity index is 1.46.